The van der Waals surface area contributed by atoms with Gasteiger partial charge in [-0.15, -0.1) is 0 Å². The number of rotatable bonds is 6. The van der Waals surface area contributed by atoms with Gasteiger partial charge in [-0.2, -0.15) is 0 Å². The molecule has 1 saturated carbocycles. The Morgan fingerprint density at radius 2 is 2.04 bits per heavy atom. The van der Waals surface area contributed by atoms with Crippen molar-refractivity contribution in [1.29, 1.82) is 0 Å². The lowest BCUT2D eigenvalue weighted by Gasteiger charge is -2.08. The minimum absolute atomic E-state index is 0.0176. The molecular formula is C19H18FNO4. The Morgan fingerprint density at radius 1 is 1.20 bits per heavy atom. The fourth-order valence-electron chi connectivity index (χ4n) is 3.05. The van der Waals surface area contributed by atoms with Crippen molar-refractivity contribution < 1.29 is 23.4 Å². The lowest BCUT2D eigenvalue weighted by atomic mass is 10.1. The maximum Gasteiger partial charge on any atom is 0.231 e. The molecular weight excluding hydrogens is 325 g/mol. The van der Waals surface area contributed by atoms with Gasteiger partial charge in [-0.25, -0.2) is 4.39 Å². The van der Waals surface area contributed by atoms with E-state index in [9.17, 15) is 9.18 Å². The number of carbonyl (C=O) groups excluding carboxylic acids is 1. The zero-order chi connectivity index (χ0) is 17.2. The van der Waals surface area contributed by atoms with Crippen LogP contribution in [-0.4, -0.2) is 25.9 Å². The van der Waals surface area contributed by atoms with Crippen LogP contribution >= 0.6 is 0 Å². The van der Waals surface area contributed by atoms with E-state index in [0.717, 1.165) is 0 Å². The fraction of sp³-hybridized carbons (Fsp3) is 0.316. The summed E-state index contributed by atoms with van der Waals surface area (Å²) < 4.78 is 29.9. The molecule has 1 amide bonds. The molecule has 2 aliphatic rings. The van der Waals surface area contributed by atoms with Gasteiger partial charge in [0.15, 0.2) is 11.5 Å². The Morgan fingerprint density at radius 3 is 2.92 bits per heavy atom. The van der Waals surface area contributed by atoms with Crippen LogP contribution in [0.15, 0.2) is 42.5 Å². The fourth-order valence-corrected chi connectivity index (χ4v) is 3.05. The van der Waals surface area contributed by atoms with E-state index in [1.165, 1.54) is 6.07 Å². The first kappa shape index (κ1) is 15.7. The van der Waals surface area contributed by atoms with Gasteiger partial charge in [-0.3, -0.25) is 4.79 Å². The molecule has 2 unspecified atom stereocenters. The van der Waals surface area contributed by atoms with Gasteiger partial charge in [0.2, 0.25) is 12.7 Å². The second-order valence-electron chi connectivity index (χ2n) is 6.12. The van der Waals surface area contributed by atoms with Crippen molar-refractivity contribution >= 4 is 5.91 Å². The molecule has 5 nitrogen and oxygen atoms in total. The van der Waals surface area contributed by atoms with Gasteiger partial charge in [0.25, 0.3) is 0 Å². The number of benzene rings is 2. The normalized spacial score (nSPS) is 20.2. The van der Waals surface area contributed by atoms with Crippen molar-refractivity contribution in [2.75, 3.05) is 19.9 Å². The van der Waals surface area contributed by atoms with Crippen LogP contribution in [-0.2, 0) is 4.79 Å². The van der Waals surface area contributed by atoms with Gasteiger partial charge >= 0.3 is 0 Å². The number of hydrogen-bond acceptors (Lipinski definition) is 4. The lowest BCUT2D eigenvalue weighted by Crippen LogP contribution is -2.29. The Kier molecular flexibility index (Phi) is 4.17. The summed E-state index contributed by atoms with van der Waals surface area (Å²) in [5.41, 5.74) is 0.624. The van der Waals surface area contributed by atoms with Gasteiger partial charge in [0.05, 0.1) is 6.54 Å². The monoisotopic (exact) mass is 343 g/mol. The van der Waals surface area contributed by atoms with Gasteiger partial charge in [-0.05, 0) is 36.1 Å². The summed E-state index contributed by atoms with van der Waals surface area (Å²) in [4.78, 5) is 12.1. The van der Waals surface area contributed by atoms with Crippen LogP contribution in [0.25, 0.3) is 0 Å². The average molecular weight is 343 g/mol. The number of halogens is 1. The van der Waals surface area contributed by atoms with E-state index >= 15 is 0 Å². The summed E-state index contributed by atoms with van der Waals surface area (Å²) in [5.74, 6) is 1.56. The number of hydrogen-bond donors (Lipinski definition) is 1. The molecule has 0 radical (unpaired) electrons. The van der Waals surface area contributed by atoms with Gasteiger partial charge < -0.3 is 19.5 Å². The molecule has 1 fully saturated rings. The van der Waals surface area contributed by atoms with Crippen molar-refractivity contribution in [3.8, 4) is 17.2 Å². The molecule has 1 aliphatic heterocycles. The third-order valence-electron chi connectivity index (χ3n) is 4.45. The van der Waals surface area contributed by atoms with Crippen molar-refractivity contribution in [3.05, 3.63) is 53.8 Å². The molecule has 2 aromatic rings. The highest BCUT2D eigenvalue weighted by atomic mass is 19.1. The Bertz CT molecular complexity index is 795. The van der Waals surface area contributed by atoms with Gasteiger partial charge in [0.1, 0.15) is 18.2 Å². The predicted octanol–water partition coefficient (Wildman–Crippen LogP) is 2.85. The summed E-state index contributed by atoms with van der Waals surface area (Å²) in [5, 5.41) is 2.84. The molecule has 0 spiro atoms. The largest absolute Gasteiger partial charge is 0.492 e. The Balaban J connectivity index is 1.22. The highest BCUT2D eigenvalue weighted by Crippen LogP contribution is 2.48. The van der Waals surface area contributed by atoms with E-state index in [1.807, 2.05) is 0 Å². The van der Waals surface area contributed by atoms with E-state index in [1.54, 1.807) is 36.4 Å². The van der Waals surface area contributed by atoms with Crippen molar-refractivity contribution in [2.45, 2.75) is 12.3 Å². The average Bonchev–Trinajstić information content (AvgIpc) is 3.28. The standard InChI is InChI=1S/C19H18FNO4/c20-16-4-2-1-3-13(16)14-10-15(14)19(22)21-7-8-23-12-5-6-17-18(9-12)25-11-24-17/h1-6,9,14-15H,7-8,10-11H2,(H,21,22). The highest BCUT2D eigenvalue weighted by molar-refractivity contribution is 5.82. The highest BCUT2D eigenvalue weighted by Gasteiger charge is 2.44. The topological polar surface area (TPSA) is 56.8 Å². The smallest absolute Gasteiger partial charge is 0.231 e. The van der Waals surface area contributed by atoms with Crippen LogP contribution in [0.1, 0.15) is 17.9 Å². The van der Waals surface area contributed by atoms with Crippen LogP contribution in [0.3, 0.4) is 0 Å². The second-order valence-corrected chi connectivity index (χ2v) is 6.12. The van der Waals surface area contributed by atoms with Crippen molar-refractivity contribution in [3.63, 3.8) is 0 Å². The van der Waals surface area contributed by atoms with Crippen LogP contribution < -0.4 is 19.5 Å². The summed E-state index contributed by atoms with van der Waals surface area (Å²) in [6, 6.07) is 12.0. The maximum atomic E-state index is 13.7. The number of nitrogens with one attached hydrogen (secondary N) is 1. The molecule has 0 aromatic heterocycles. The molecule has 25 heavy (non-hydrogen) atoms. The Labute approximate surface area is 144 Å². The maximum absolute atomic E-state index is 13.7. The molecule has 1 N–H and O–H groups in total. The first-order valence-electron chi connectivity index (χ1n) is 8.27. The molecule has 0 bridgehead atoms. The molecule has 1 heterocycles. The molecule has 6 heteroatoms. The third kappa shape index (κ3) is 3.38. The number of fused-ring (bicyclic) bond motifs is 1. The van der Waals surface area contributed by atoms with Crippen LogP contribution in [0.4, 0.5) is 4.39 Å². The van der Waals surface area contributed by atoms with E-state index in [2.05, 4.69) is 5.32 Å². The first-order valence-corrected chi connectivity index (χ1v) is 8.27. The first-order chi connectivity index (χ1) is 12.2. The van der Waals surface area contributed by atoms with Crippen molar-refractivity contribution in [1.82, 2.24) is 5.32 Å². The summed E-state index contributed by atoms with van der Waals surface area (Å²) in [6.07, 6.45) is 0.690. The van der Waals surface area contributed by atoms with Crippen LogP contribution in [0.2, 0.25) is 0 Å². The summed E-state index contributed by atoms with van der Waals surface area (Å²) >= 11 is 0. The zero-order valence-electron chi connectivity index (χ0n) is 13.5. The number of carbonyl (C=O) groups is 1. The van der Waals surface area contributed by atoms with Gasteiger partial charge in [0, 0.05) is 12.0 Å². The second kappa shape index (κ2) is 6.63. The molecule has 2 aromatic carbocycles. The SMILES string of the molecule is O=C(NCCOc1ccc2c(c1)OCO2)C1CC1c1ccccc1F. The molecule has 1 aliphatic carbocycles. The summed E-state index contributed by atoms with van der Waals surface area (Å²) in [6.45, 7) is 0.968. The summed E-state index contributed by atoms with van der Waals surface area (Å²) in [7, 11) is 0. The minimum atomic E-state index is -0.242. The molecule has 0 saturated heterocycles. The van der Waals surface area contributed by atoms with Gasteiger partial charge in [-0.1, -0.05) is 18.2 Å². The lowest BCUT2D eigenvalue weighted by molar-refractivity contribution is -0.122. The van der Waals surface area contributed by atoms with Crippen LogP contribution in [0, 0.1) is 11.7 Å². The molecule has 130 valence electrons. The quantitative estimate of drug-likeness (QED) is 0.820. The van der Waals surface area contributed by atoms with E-state index in [4.69, 9.17) is 14.2 Å². The Hall–Kier alpha value is -2.76. The van der Waals surface area contributed by atoms with E-state index in [-0.39, 0.29) is 30.4 Å². The predicted molar refractivity (Wildman–Crippen MR) is 88.3 cm³/mol. The third-order valence-corrected chi connectivity index (χ3v) is 4.45. The molecule has 4 rings (SSSR count). The minimum Gasteiger partial charge on any atom is -0.492 e. The number of ether oxygens (including phenoxy) is 3. The van der Waals surface area contributed by atoms with E-state index < -0.39 is 0 Å². The van der Waals surface area contributed by atoms with Crippen LogP contribution in [0.5, 0.6) is 17.2 Å². The molecule has 2 atom stereocenters. The van der Waals surface area contributed by atoms with Crippen molar-refractivity contribution in [2.24, 2.45) is 5.92 Å². The van der Waals surface area contributed by atoms with E-state index in [0.29, 0.717) is 42.4 Å². The number of amides is 1. The zero-order valence-corrected chi connectivity index (χ0v) is 13.5.